The van der Waals surface area contributed by atoms with Crippen molar-refractivity contribution >= 4 is 17.7 Å². The number of thioether (sulfide) groups is 1. The predicted molar refractivity (Wildman–Crippen MR) is 52.7 cm³/mol. The molecule has 0 aromatic heterocycles. The van der Waals surface area contributed by atoms with Crippen LogP contribution in [0.1, 0.15) is 19.3 Å². The quantitative estimate of drug-likeness (QED) is 0.713. The first kappa shape index (κ1) is 9.34. The van der Waals surface area contributed by atoms with Crippen LogP contribution in [0, 0.1) is 11.3 Å². The Balaban J connectivity index is 2.03. The highest BCUT2D eigenvalue weighted by Crippen LogP contribution is 2.51. The zero-order chi connectivity index (χ0) is 9.47. The third kappa shape index (κ3) is 1.46. The van der Waals surface area contributed by atoms with Crippen molar-refractivity contribution in [3.8, 4) is 0 Å². The molecule has 1 aliphatic carbocycles. The Morgan fingerprint density at radius 3 is 2.69 bits per heavy atom. The van der Waals surface area contributed by atoms with Gasteiger partial charge in [0.1, 0.15) is 0 Å². The van der Waals surface area contributed by atoms with Crippen LogP contribution in [-0.2, 0) is 4.79 Å². The molecule has 2 atom stereocenters. The molecule has 2 fully saturated rings. The summed E-state index contributed by atoms with van der Waals surface area (Å²) < 4.78 is 0. The fourth-order valence-electron chi connectivity index (χ4n) is 2.11. The molecule has 0 aromatic carbocycles. The lowest BCUT2D eigenvalue weighted by Gasteiger charge is -2.24. The number of hydrogen-bond acceptors (Lipinski definition) is 3. The van der Waals surface area contributed by atoms with E-state index in [9.17, 15) is 4.79 Å². The van der Waals surface area contributed by atoms with Crippen LogP contribution in [0.3, 0.4) is 0 Å². The first-order valence-corrected chi connectivity index (χ1v) is 5.89. The van der Waals surface area contributed by atoms with Gasteiger partial charge in [0.2, 0.25) is 0 Å². The standard InChI is InChI=1S/C9H15NO2S/c10-7(6-1-4-13-5-6)9(2-3-9)8(11)12/h6-7H,1-5,10H2,(H,11,12). The summed E-state index contributed by atoms with van der Waals surface area (Å²) in [5, 5.41) is 9.05. The van der Waals surface area contributed by atoms with E-state index in [2.05, 4.69) is 0 Å². The van der Waals surface area contributed by atoms with Gasteiger partial charge in [-0.15, -0.1) is 0 Å². The molecular weight excluding hydrogens is 186 g/mol. The summed E-state index contributed by atoms with van der Waals surface area (Å²) in [7, 11) is 0. The molecule has 13 heavy (non-hydrogen) atoms. The van der Waals surface area contributed by atoms with Crippen LogP contribution in [0.5, 0.6) is 0 Å². The highest BCUT2D eigenvalue weighted by Gasteiger charge is 2.56. The van der Waals surface area contributed by atoms with Crippen molar-refractivity contribution in [3.63, 3.8) is 0 Å². The van der Waals surface area contributed by atoms with Crippen molar-refractivity contribution in [2.24, 2.45) is 17.1 Å². The summed E-state index contributed by atoms with van der Waals surface area (Å²) in [6.45, 7) is 0. The highest BCUT2D eigenvalue weighted by atomic mass is 32.2. The predicted octanol–water partition coefficient (Wildman–Crippen LogP) is 0.932. The molecule has 1 saturated carbocycles. The second kappa shape index (κ2) is 3.17. The fraction of sp³-hybridized carbons (Fsp3) is 0.889. The Hall–Kier alpha value is -0.220. The van der Waals surface area contributed by atoms with Gasteiger partial charge in [0.15, 0.2) is 0 Å². The van der Waals surface area contributed by atoms with Gasteiger partial charge in [-0.2, -0.15) is 11.8 Å². The van der Waals surface area contributed by atoms with Crippen LogP contribution >= 0.6 is 11.8 Å². The van der Waals surface area contributed by atoms with Crippen molar-refractivity contribution in [1.29, 1.82) is 0 Å². The van der Waals surface area contributed by atoms with E-state index in [1.807, 2.05) is 11.8 Å². The van der Waals surface area contributed by atoms with Crippen LogP contribution < -0.4 is 5.73 Å². The summed E-state index contributed by atoms with van der Waals surface area (Å²) >= 11 is 1.89. The molecule has 74 valence electrons. The number of nitrogens with two attached hydrogens (primary N) is 1. The average molecular weight is 201 g/mol. The maximum Gasteiger partial charge on any atom is 0.311 e. The third-order valence-corrected chi connectivity index (χ3v) is 4.51. The Morgan fingerprint density at radius 1 is 1.62 bits per heavy atom. The topological polar surface area (TPSA) is 63.3 Å². The Bertz CT molecular complexity index is 222. The Labute approximate surface area is 82.1 Å². The Morgan fingerprint density at radius 2 is 2.31 bits per heavy atom. The van der Waals surface area contributed by atoms with Gasteiger partial charge < -0.3 is 10.8 Å². The summed E-state index contributed by atoms with van der Waals surface area (Å²) in [5.41, 5.74) is 5.48. The summed E-state index contributed by atoms with van der Waals surface area (Å²) in [4.78, 5) is 11.0. The SMILES string of the molecule is NC(C1CCSC1)C1(C(=O)O)CC1. The molecular formula is C9H15NO2S. The number of carboxylic acids is 1. The molecule has 3 nitrogen and oxygen atoms in total. The van der Waals surface area contributed by atoms with Gasteiger partial charge in [-0.05, 0) is 36.7 Å². The smallest absolute Gasteiger partial charge is 0.311 e. The van der Waals surface area contributed by atoms with Crippen molar-refractivity contribution in [2.75, 3.05) is 11.5 Å². The molecule has 1 aliphatic heterocycles. The molecule has 0 radical (unpaired) electrons. The number of hydrogen-bond donors (Lipinski definition) is 2. The van der Waals surface area contributed by atoms with Crippen LogP contribution in [0.15, 0.2) is 0 Å². The van der Waals surface area contributed by atoms with Crippen LogP contribution in [-0.4, -0.2) is 28.6 Å². The molecule has 2 aliphatic rings. The van der Waals surface area contributed by atoms with Gasteiger partial charge >= 0.3 is 5.97 Å². The molecule has 0 aromatic rings. The number of carbonyl (C=O) groups is 1. The first-order valence-electron chi connectivity index (χ1n) is 4.73. The van der Waals surface area contributed by atoms with Gasteiger partial charge in [-0.3, -0.25) is 4.79 Å². The number of carboxylic acid groups (broad SMARTS) is 1. The maximum absolute atomic E-state index is 11.0. The summed E-state index contributed by atoms with van der Waals surface area (Å²) in [6, 6.07) is -0.111. The van der Waals surface area contributed by atoms with E-state index in [4.69, 9.17) is 10.8 Å². The highest BCUT2D eigenvalue weighted by molar-refractivity contribution is 7.99. The van der Waals surface area contributed by atoms with E-state index in [1.165, 1.54) is 0 Å². The fourth-order valence-corrected chi connectivity index (χ4v) is 3.42. The van der Waals surface area contributed by atoms with E-state index in [0.29, 0.717) is 5.92 Å². The summed E-state index contributed by atoms with van der Waals surface area (Å²) in [5.74, 6) is 1.95. The van der Waals surface area contributed by atoms with Crippen molar-refractivity contribution in [1.82, 2.24) is 0 Å². The van der Waals surface area contributed by atoms with Crippen molar-refractivity contribution in [2.45, 2.75) is 25.3 Å². The lowest BCUT2D eigenvalue weighted by Crippen LogP contribution is -2.43. The van der Waals surface area contributed by atoms with Crippen LogP contribution in [0.2, 0.25) is 0 Å². The largest absolute Gasteiger partial charge is 0.481 e. The van der Waals surface area contributed by atoms with Gasteiger partial charge in [0, 0.05) is 6.04 Å². The first-order chi connectivity index (χ1) is 6.17. The molecule has 2 unspecified atom stereocenters. The molecule has 1 heterocycles. The van der Waals surface area contributed by atoms with E-state index < -0.39 is 11.4 Å². The van der Waals surface area contributed by atoms with E-state index in [1.54, 1.807) is 0 Å². The molecule has 4 heteroatoms. The zero-order valence-electron chi connectivity index (χ0n) is 7.53. The average Bonchev–Trinajstić information content (AvgIpc) is 2.74. The van der Waals surface area contributed by atoms with Crippen LogP contribution in [0.25, 0.3) is 0 Å². The van der Waals surface area contributed by atoms with E-state index >= 15 is 0 Å². The van der Waals surface area contributed by atoms with Crippen LogP contribution in [0.4, 0.5) is 0 Å². The van der Waals surface area contributed by atoms with Gasteiger partial charge in [-0.25, -0.2) is 0 Å². The lowest BCUT2D eigenvalue weighted by molar-refractivity contribution is -0.144. The minimum absolute atomic E-state index is 0.111. The van der Waals surface area contributed by atoms with Gasteiger partial charge in [0.25, 0.3) is 0 Å². The van der Waals surface area contributed by atoms with Gasteiger partial charge in [-0.1, -0.05) is 0 Å². The zero-order valence-corrected chi connectivity index (χ0v) is 8.35. The van der Waals surface area contributed by atoms with Crippen molar-refractivity contribution < 1.29 is 9.90 Å². The number of rotatable bonds is 3. The molecule has 2 rings (SSSR count). The second-order valence-electron chi connectivity index (χ2n) is 4.11. The van der Waals surface area contributed by atoms with Gasteiger partial charge in [0.05, 0.1) is 5.41 Å². The normalized spacial score (nSPS) is 32.8. The van der Waals surface area contributed by atoms with E-state index in [0.717, 1.165) is 30.8 Å². The van der Waals surface area contributed by atoms with E-state index in [-0.39, 0.29) is 6.04 Å². The molecule has 3 N–H and O–H groups in total. The molecule has 0 bridgehead atoms. The monoisotopic (exact) mass is 201 g/mol. The maximum atomic E-state index is 11.0. The van der Waals surface area contributed by atoms with Crippen molar-refractivity contribution in [3.05, 3.63) is 0 Å². The molecule has 1 saturated heterocycles. The third-order valence-electron chi connectivity index (χ3n) is 3.33. The summed E-state index contributed by atoms with van der Waals surface area (Å²) in [6.07, 6.45) is 2.66. The Kier molecular flexibility index (Phi) is 2.28. The minimum Gasteiger partial charge on any atom is -0.481 e. The minimum atomic E-state index is -0.683. The molecule has 0 spiro atoms. The lowest BCUT2D eigenvalue weighted by atomic mass is 9.86. The number of aliphatic carboxylic acids is 1. The second-order valence-corrected chi connectivity index (χ2v) is 5.26. The molecule has 0 amide bonds.